The highest BCUT2D eigenvalue weighted by atomic mass is 32.2. The molecule has 0 aliphatic carbocycles. The lowest BCUT2D eigenvalue weighted by atomic mass is 10.2. The number of nitrogens with one attached hydrogen (secondary N) is 1. The van der Waals surface area contributed by atoms with Crippen LogP contribution < -0.4 is 5.32 Å². The molecule has 0 saturated carbocycles. The van der Waals surface area contributed by atoms with Crippen molar-refractivity contribution in [2.75, 3.05) is 19.8 Å². The van der Waals surface area contributed by atoms with Crippen LogP contribution in [0.1, 0.15) is 44.0 Å². The summed E-state index contributed by atoms with van der Waals surface area (Å²) in [7, 11) is 0. The lowest BCUT2D eigenvalue weighted by Gasteiger charge is -2.15. The Morgan fingerprint density at radius 3 is 2.93 bits per heavy atom. The molecule has 3 rings (SSSR count). The van der Waals surface area contributed by atoms with Crippen molar-refractivity contribution in [2.45, 2.75) is 56.7 Å². The van der Waals surface area contributed by atoms with Gasteiger partial charge >= 0.3 is 5.97 Å². The van der Waals surface area contributed by atoms with E-state index in [1.54, 1.807) is 19.1 Å². The minimum atomic E-state index is -0.355. The van der Waals surface area contributed by atoms with Gasteiger partial charge in [-0.05, 0) is 51.8 Å². The highest BCUT2D eigenvalue weighted by Gasteiger charge is 2.22. The van der Waals surface area contributed by atoms with Crippen LogP contribution in [0.3, 0.4) is 0 Å². The molecule has 2 heterocycles. The molecular formula is C20H27N3O4S. The van der Waals surface area contributed by atoms with Gasteiger partial charge < -0.3 is 19.4 Å². The number of rotatable bonds is 8. The zero-order valence-corrected chi connectivity index (χ0v) is 17.4. The molecular weight excluding hydrogens is 378 g/mol. The molecule has 1 aromatic heterocycles. The van der Waals surface area contributed by atoms with E-state index in [1.807, 2.05) is 19.9 Å². The predicted molar refractivity (Wildman–Crippen MR) is 109 cm³/mol. The molecule has 28 heavy (non-hydrogen) atoms. The molecule has 1 amide bonds. The molecule has 1 aromatic carbocycles. The van der Waals surface area contributed by atoms with Crippen LogP contribution in [-0.4, -0.2) is 52.5 Å². The van der Waals surface area contributed by atoms with Crippen LogP contribution >= 0.6 is 11.8 Å². The SMILES string of the molecule is CCOC(=O)c1ccc2c(c1)nc(S[C@H](C)C(=O)NC[C@@H]1CCCO1)n2CC. The van der Waals surface area contributed by atoms with Crippen molar-refractivity contribution in [1.29, 1.82) is 0 Å². The average molecular weight is 406 g/mol. The topological polar surface area (TPSA) is 82.4 Å². The van der Waals surface area contributed by atoms with Gasteiger partial charge in [0.1, 0.15) is 0 Å². The van der Waals surface area contributed by atoms with E-state index in [9.17, 15) is 9.59 Å². The molecule has 1 saturated heterocycles. The molecule has 0 bridgehead atoms. The van der Waals surface area contributed by atoms with Crippen LogP contribution in [0, 0.1) is 0 Å². The molecule has 2 aromatic rings. The number of aryl methyl sites for hydroxylation is 1. The number of benzene rings is 1. The molecule has 0 radical (unpaired) electrons. The van der Waals surface area contributed by atoms with E-state index in [0.717, 1.165) is 42.2 Å². The van der Waals surface area contributed by atoms with Crippen molar-refractivity contribution in [2.24, 2.45) is 0 Å². The molecule has 1 fully saturated rings. The molecule has 1 aliphatic heterocycles. The molecule has 152 valence electrons. The minimum Gasteiger partial charge on any atom is -0.462 e. The van der Waals surface area contributed by atoms with Crippen molar-refractivity contribution < 1.29 is 19.1 Å². The second kappa shape index (κ2) is 9.43. The highest BCUT2D eigenvalue weighted by Crippen LogP contribution is 2.28. The van der Waals surface area contributed by atoms with Gasteiger partial charge in [0.25, 0.3) is 0 Å². The van der Waals surface area contributed by atoms with Crippen LogP contribution in [0.5, 0.6) is 0 Å². The van der Waals surface area contributed by atoms with E-state index in [0.29, 0.717) is 18.7 Å². The summed E-state index contributed by atoms with van der Waals surface area (Å²) in [6, 6.07) is 5.37. The number of carbonyl (C=O) groups excluding carboxylic acids is 2. The summed E-state index contributed by atoms with van der Waals surface area (Å²) in [6.45, 7) is 8.07. The standard InChI is InChI=1S/C20H27N3O4S/c1-4-23-17-9-8-14(19(25)26-5-2)11-16(17)22-20(23)28-13(3)18(24)21-12-15-7-6-10-27-15/h8-9,11,13,15H,4-7,10,12H2,1-3H3,(H,21,24)/t13-,15+/m1/s1. The zero-order valence-electron chi connectivity index (χ0n) is 16.6. The number of hydrogen-bond acceptors (Lipinski definition) is 6. The first-order chi connectivity index (χ1) is 13.5. The van der Waals surface area contributed by atoms with Crippen LogP contribution in [0.4, 0.5) is 0 Å². The van der Waals surface area contributed by atoms with Crippen molar-refractivity contribution >= 4 is 34.7 Å². The predicted octanol–water partition coefficient (Wildman–Crippen LogP) is 3.01. The lowest BCUT2D eigenvalue weighted by molar-refractivity contribution is -0.120. The van der Waals surface area contributed by atoms with Gasteiger partial charge in [-0.1, -0.05) is 11.8 Å². The Kier molecular flexibility index (Phi) is 6.96. The fraction of sp³-hybridized carbons (Fsp3) is 0.550. The maximum Gasteiger partial charge on any atom is 0.338 e. The Labute approximate surface area is 169 Å². The number of aromatic nitrogens is 2. The molecule has 2 atom stereocenters. The molecule has 7 nitrogen and oxygen atoms in total. The van der Waals surface area contributed by atoms with Crippen molar-refractivity contribution in [3.8, 4) is 0 Å². The Morgan fingerprint density at radius 2 is 2.25 bits per heavy atom. The van der Waals surface area contributed by atoms with Crippen molar-refractivity contribution in [1.82, 2.24) is 14.9 Å². The van der Waals surface area contributed by atoms with Crippen molar-refractivity contribution in [3.63, 3.8) is 0 Å². The number of ether oxygens (including phenoxy) is 2. The normalized spacial score (nSPS) is 17.6. The summed E-state index contributed by atoms with van der Waals surface area (Å²) in [4.78, 5) is 29.1. The third kappa shape index (κ3) is 4.67. The quantitative estimate of drug-likeness (QED) is 0.537. The molecule has 0 unspecified atom stereocenters. The monoisotopic (exact) mass is 405 g/mol. The maximum atomic E-state index is 12.4. The van der Waals surface area contributed by atoms with E-state index in [-0.39, 0.29) is 23.2 Å². The number of carbonyl (C=O) groups is 2. The molecule has 1 N–H and O–H groups in total. The zero-order chi connectivity index (χ0) is 20.1. The number of fused-ring (bicyclic) bond motifs is 1. The van der Waals surface area contributed by atoms with Gasteiger partial charge in [0.2, 0.25) is 5.91 Å². The van der Waals surface area contributed by atoms with E-state index >= 15 is 0 Å². The second-order valence-corrected chi connectivity index (χ2v) is 8.01. The number of hydrogen-bond donors (Lipinski definition) is 1. The highest BCUT2D eigenvalue weighted by molar-refractivity contribution is 8.00. The fourth-order valence-corrected chi connectivity index (χ4v) is 4.23. The van der Waals surface area contributed by atoms with Gasteiger partial charge in [0, 0.05) is 19.7 Å². The molecule has 0 spiro atoms. The Bertz CT molecular complexity index is 845. The first kappa shape index (κ1) is 20.7. The second-order valence-electron chi connectivity index (χ2n) is 6.70. The average Bonchev–Trinajstić information content (AvgIpc) is 3.32. The smallest absolute Gasteiger partial charge is 0.338 e. The first-order valence-electron chi connectivity index (χ1n) is 9.76. The number of thioether (sulfide) groups is 1. The number of imidazole rings is 1. The van der Waals surface area contributed by atoms with Gasteiger partial charge in [-0.2, -0.15) is 0 Å². The van der Waals surface area contributed by atoms with E-state index in [4.69, 9.17) is 9.47 Å². The van der Waals surface area contributed by atoms with Crippen LogP contribution in [0.25, 0.3) is 11.0 Å². The summed E-state index contributed by atoms with van der Waals surface area (Å²) in [5.41, 5.74) is 2.14. The van der Waals surface area contributed by atoms with Crippen LogP contribution in [-0.2, 0) is 20.8 Å². The Hall–Kier alpha value is -2.06. The maximum absolute atomic E-state index is 12.4. The van der Waals surface area contributed by atoms with E-state index in [2.05, 4.69) is 14.9 Å². The lowest BCUT2D eigenvalue weighted by Crippen LogP contribution is -2.36. The minimum absolute atomic E-state index is 0.0255. The van der Waals surface area contributed by atoms with Gasteiger partial charge in [0.05, 0.1) is 34.6 Å². The van der Waals surface area contributed by atoms with E-state index in [1.165, 1.54) is 11.8 Å². The third-order valence-corrected chi connectivity index (χ3v) is 5.81. The summed E-state index contributed by atoms with van der Waals surface area (Å²) in [6.07, 6.45) is 2.18. The van der Waals surface area contributed by atoms with Crippen molar-refractivity contribution in [3.05, 3.63) is 23.8 Å². The fourth-order valence-electron chi connectivity index (χ4n) is 3.22. The molecule has 8 heteroatoms. The van der Waals surface area contributed by atoms with Gasteiger partial charge in [-0.25, -0.2) is 9.78 Å². The van der Waals surface area contributed by atoms with Gasteiger partial charge in [-0.3, -0.25) is 4.79 Å². The summed E-state index contributed by atoms with van der Waals surface area (Å²) < 4.78 is 12.7. The largest absolute Gasteiger partial charge is 0.462 e. The summed E-state index contributed by atoms with van der Waals surface area (Å²) >= 11 is 1.42. The number of esters is 1. The first-order valence-corrected chi connectivity index (χ1v) is 10.6. The number of amides is 1. The van der Waals surface area contributed by atoms with Gasteiger partial charge in [-0.15, -0.1) is 0 Å². The third-order valence-electron chi connectivity index (χ3n) is 4.72. The molecule has 1 aliphatic rings. The summed E-state index contributed by atoms with van der Waals surface area (Å²) in [5, 5.41) is 3.45. The van der Waals surface area contributed by atoms with Gasteiger partial charge in [0.15, 0.2) is 5.16 Å². The summed E-state index contributed by atoms with van der Waals surface area (Å²) in [5.74, 6) is -0.381. The van der Waals surface area contributed by atoms with Crippen LogP contribution in [0.2, 0.25) is 0 Å². The van der Waals surface area contributed by atoms with Crippen LogP contribution in [0.15, 0.2) is 23.4 Å². The Morgan fingerprint density at radius 1 is 1.43 bits per heavy atom. The Balaban J connectivity index is 1.72. The van der Waals surface area contributed by atoms with E-state index < -0.39 is 0 Å². The number of nitrogens with zero attached hydrogens (tertiary/aromatic N) is 2.